The van der Waals surface area contributed by atoms with Gasteiger partial charge in [0.05, 0.1) is 10.5 Å². The van der Waals surface area contributed by atoms with Crippen LogP contribution in [0.25, 0.3) is 0 Å². The van der Waals surface area contributed by atoms with Crippen molar-refractivity contribution in [3.8, 4) is 0 Å². The number of benzene rings is 1. The van der Waals surface area contributed by atoms with Gasteiger partial charge in [-0.1, -0.05) is 24.3 Å². The van der Waals surface area contributed by atoms with Crippen LogP contribution in [0.15, 0.2) is 29.3 Å². The Morgan fingerprint density at radius 2 is 1.93 bits per heavy atom. The van der Waals surface area contributed by atoms with Gasteiger partial charge < -0.3 is 15.1 Å². The van der Waals surface area contributed by atoms with Crippen molar-refractivity contribution in [1.29, 1.82) is 0 Å². The Morgan fingerprint density at radius 1 is 1.21 bits per heavy atom. The van der Waals surface area contributed by atoms with Crippen molar-refractivity contribution in [3.05, 3.63) is 35.4 Å². The summed E-state index contributed by atoms with van der Waals surface area (Å²) in [5.74, 6) is 1.05. The topological polar surface area (TPSA) is 82.1 Å². The van der Waals surface area contributed by atoms with Gasteiger partial charge >= 0.3 is 0 Å². The predicted octanol–water partition coefficient (Wildman–Crippen LogP) is 1.39. The van der Waals surface area contributed by atoms with Crippen LogP contribution in [0.3, 0.4) is 0 Å². The lowest BCUT2D eigenvalue weighted by Gasteiger charge is -2.39. The van der Waals surface area contributed by atoms with Gasteiger partial charge in [-0.3, -0.25) is 9.79 Å². The number of guanidine groups is 1. The molecule has 2 aliphatic rings. The SMILES string of the molecule is CN=C(NCc1ccccc1CN1CCCC1=O)N1CCS(=O)(=O)C(C)(C)C1. The second-order valence-corrected chi connectivity index (χ2v) is 10.8. The van der Waals surface area contributed by atoms with Gasteiger partial charge in [0.1, 0.15) is 0 Å². The zero-order valence-electron chi connectivity index (χ0n) is 16.9. The molecule has 0 atom stereocenters. The van der Waals surface area contributed by atoms with Gasteiger partial charge in [0.15, 0.2) is 15.8 Å². The minimum atomic E-state index is -3.09. The van der Waals surface area contributed by atoms with Crippen molar-refractivity contribution in [2.24, 2.45) is 4.99 Å². The summed E-state index contributed by atoms with van der Waals surface area (Å²) in [5.41, 5.74) is 2.24. The smallest absolute Gasteiger partial charge is 0.222 e. The third-order valence-corrected chi connectivity index (χ3v) is 8.18. The maximum absolute atomic E-state index is 12.3. The molecule has 154 valence electrons. The molecule has 1 aromatic rings. The van der Waals surface area contributed by atoms with Crippen LogP contribution < -0.4 is 5.32 Å². The van der Waals surface area contributed by atoms with E-state index >= 15 is 0 Å². The Morgan fingerprint density at radius 3 is 2.54 bits per heavy atom. The van der Waals surface area contributed by atoms with E-state index in [1.165, 1.54) is 0 Å². The number of amides is 1. The van der Waals surface area contributed by atoms with Crippen molar-refractivity contribution < 1.29 is 13.2 Å². The first kappa shape index (κ1) is 20.6. The highest BCUT2D eigenvalue weighted by Crippen LogP contribution is 2.24. The lowest BCUT2D eigenvalue weighted by Crippen LogP contribution is -2.57. The van der Waals surface area contributed by atoms with Crippen LogP contribution in [0.1, 0.15) is 37.8 Å². The predicted molar refractivity (Wildman–Crippen MR) is 111 cm³/mol. The molecule has 0 radical (unpaired) electrons. The lowest BCUT2D eigenvalue weighted by molar-refractivity contribution is -0.128. The average molecular weight is 407 g/mol. The summed E-state index contributed by atoms with van der Waals surface area (Å²) in [7, 11) is -1.37. The molecule has 0 spiro atoms. The van der Waals surface area contributed by atoms with Crippen LogP contribution in [0.4, 0.5) is 0 Å². The average Bonchev–Trinajstić information content (AvgIpc) is 3.04. The molecule has 0 unspecified atom stereocenters. The summed E-state index contributed by atoms with van der Waals surface area (Å²) in [6.45, 7) is 6.42. The quantitative estimate of drug-likeness (QED) is 0.604. The maximum atomic E-state index is 12.3. The minimum absolute atomic E-state index is 0.133. The number of hydrogen-bond acceptors (Lipinski definition) is 4. The normalized spacial score (nSPS) is 21.8. The molecule has 1 amide bonds. The Kier molecular flexibility index (Phi) is 5.98. The second kappa shape index (κ2) is 8.11. The van der Waals surface area contributed by atoms with Gasteiger partial charge in [0.2, 0.25) is 5.91 Å². The van der Waals surface area contributed by atoms with E-state index in [-0.39, 0.29) is 11.7 Å². The second-order valence-electron chi connectivity index (χ2n) is 8.09. The Labute approximate surface area is 167 Å². The molecule has 8 heteroatoms. The van der Waals surface area contributed by atoms with Crippen molar-refractivity contribution in [3.63, 3.8) is 0 Å². The molecule has 7 nitrogen and oxygen atoms in total. The van der Waals surface area contributed by atoms with Gasteiger partial charge in [-0.2, -0.15) is 0 Å². The van der Waals surface area contributed by atoms with Crippen LogP contribution in [-0.2, 0) is 27.7 Å². The Bertz CT molecular complexity index is 864. The van der Waals surface area contributed by atoms with Crippen LogP contribution in [-0.4, -0.2) is 67.3 Å². The molecule has 0 bridgehead atoms. The summed E-state index contributed by atoms with van der Waals surface area (Å²) in [5, 5.41) is 3.37. The fourth-order valence-corrected chi connectivity index (χ4v) is 5.16. The molecule has 2 aliphatic heterocycles. The number of carbonyl (C=O) groups is 1. The lowest BCUT2D eigenvalue weighted by atomic mass is 10.1. The molecule has 1 N–H and O–H groups in total. The number of likely N-dealkylation sites (tertiary alicyclic amines) is 1. The van der Waals surface area contributed by atoms with E-state index in [0.29, 0.717) is 38.6 Å². The summed E-state index contributed by atoms with van der Waals surface area (Å²) in [4.78, 5) is 20.2. The monoisotopic (exact) mass is 406 g/mol. The number of nitrogens with one attached hydrogen (secondary N) is 1. The van der Waals surface area contributed by atoms with E-state index in [1.54, 1.807) is 20.9 Å². The summed E-state index contributed by atoms with van der Waals surface area (Å²) >= 11 is 0. The van der Waals surface area contributed by atoms with E-state index in [0.717, 1.165) is 24.1 Å². The van der Waals surface area contributed by atoms with E-state index < -0.39 is 14.6 Å². The molecule has 2 heterocycles. The largest absolute Gasteiger partial charge is 0.352 e. The number of nitrogens with zero attached hydrogens (tertiary/aromatic N) is 3. The molecule has 3 rings (SSSR count). The van der Waals surface area contributed by atoms with E-state index in [2.05, 4.69) is 22.4 Å². The van der Waals surface area contributed by atoms with Gasteiger partial charge in [-0.15, -0.1) is 0 Å². The molecular formula is C20H30N4O3S. The highest BCUT2D eigenvalue weighted by Gasteiger charge is 2.40. The standard InChI is InChI=1S/C20H30N4O3S/c1-20(2)15-24(11-12-28(20,26)27)19(21-3)22-13-16-7-4-5-8-17(16)14-23-10-6-9-18(23)25/h4-5,7-8H,6,9-15H2,1-3H3,(H,21,22). The van der Waals surface area contributed by atoms with Crippen molar-refractivity contribution in [2.45, 2.75) is 44.5 Å². The first-order valence-electron chi connectivity index (χ1n) is 9.76. The molecule has 28 heavy (non-hydrogen) atoms. The fourth-order valence-electron chi connectivity index (χ4n) is 3.79. The van der Waals surface area contributed by atoms with E-state index in [4.69, 9.17) is 0 Å². The van der Waals surface area contributed by atoms with Gasteiger partial charge in [-0.05, 0) is 31.4 Å². The molecule has 0 aromatic heterocycles. The van der Waals surface area contributed by atoms with E-state index in [9.17, 15) is 13.2 Å². The first-order chi connectivity index (χ1) is 13.2. The van der Waals surface area contributed by atoms with Crippen LogP contribution in [0.5, 0.6) is 0 Å². The van der Waals surface area contributed by atoms with Crippen molar-refractivity contribution in [2.75, 3.05) is 32.4 Å². The van der Waals surface area contributed by atoms with Crippen LogP contribution in [0.2, 0.25) is 0 Å². The number of rotatable bonds is 4. The Hall–Kier alpha value is -2.09. The molecule has 0 saturated carbocycles. The molecule has 2 saturated heterocycles. The summed E-state index contributed by atoms with van der Waals surface area (Å²) < 4.78 is 23.7. The number of aliphatic imine (C=N–C) groups is 1. The van der Waals surface area contributed by atoms with Crippen molar-refractivity contribution >= 4 is 21.7 Å². The zero-order chi connectivity index (χ0) is 20.4. The summed E-state index contributed by atoms with van der Waals surface area (Å²) in [6.07, 6.45) is 1.57. The van der Waals surface area contributed by atoms with Crippen LogP contribution in [0, 0.1) is 0 Å². The van der Waals surface area contributed by atoms with E-state index in [1.807, 2.05) is 21.9 Å². The fraction of sp³-hybridized carbons (Fsp3) is 0.600. The molecular weight excluding hydrogens is 376 g/mol. The molecule has 0 aliphatic carbocycles. The number of hydrogen-bond donors (Lipinski definition) is 1. The number of carbonyl (C=O) groups excluding carboxylic acids is 1. The summed E-state index contributed by atoms with van der Waals surface area (Å²) in [6, 6.07) is 8.10. The highest BCUT2D eigenvalue weighted by atomic mass is 32.2. The van der Waals surface area contributed by atoms with Gasteiger partial charge in [0, 0.05) is 46.2 Å². The van der Waals surface area contributed by atoms with Crippen molar-refractivity contribution in [1.82, 2.24) is 15.1 Å². The van der Waals surface area contributed by atoms with Crippen LogP contribution >= 0.6 is 0 Å². The third kappa shape index (κ3) is 4.32. The first-order valence-corrected chi connectivity index (χ1v) is 11.4. The Balaban J connectivity index is 1.67. The molecule has 1 aromatic carbocycles. The van der Waals surface area contributed by atoms with Gasteiger partial charge in [-0.25, -0.2) is 8.42 Å². The number of sulfone groups is 1. The third-order valence-electron chi connectivity index (χ3n) is 5.64. The van der Waals surface area contributed by atoms with Gasteiger partial charge in [0.25, 0.3) is 0 Å². The maximum Gasteiger partial charge on any atom is 0.222 e. The minimum Gasteiger partial charge on any atom is -0.352 e. The highest BCUT2D eigenvalue weighted by molar-refractivity contribution is 7.92. The zero-order valence-corrected chi connectivity index (χ0v) is 17.8. The molecule has 2 fully saturated rings.